The molecule has 0 aliphatic heterocycles. The Morgan fingerprint density at radius 2 is 1.85 bits per heavy atom. The summed E-state index contributed by atoms with van der Waals surface area (Å²) in [5, 5.41) is 0. The maximum Gasteiger partial charge on any atom is 0.142 e. The second-order valence-electron chi connectivity index (χ2n) is 4.76. The number of hydrogen-bond donors (Lipinski definition) is 0. The molecule has 0 N–H and O–H groups in total. The summed E-state index contributed by atoms with van der Waals surface area (Å²) in [6.45, 7) is 4.07. The molecule has 0 heterocycles. The second-order valence-corrected chi connectivity index (χ2v) is 4.76. The largest absolute Gasteiger partial charge is 0.299 e. The van der Waals surface area contributed by atoms with Gasteiger partial charge in [-0.2, -0.15) is 0 Å². The van der Waals surface area contributed by atoms with Gasteiger partial charge in [-0.25, -0.2) is 0 Å². The first-order valence-electron chi connectivity index (χ1n) is 6.90. The van der Waals surface area contributed by atoms with Crippen LogP contribution in [0.3, 0.4) is 0 Å². The molecule has 20 heavy (non-hydrogen) atoms. The van der Waals surface area contributed by atoms with E-state index in [9.17, 15) is 4.79 Å². The molecule has 0 saturated carbocycles. The second kappa shape index (κ2) is 9.74. The third-order valence-corrected chi connectivity index (χ3v) is 2.92. The summed E-state index contributed by atoms with van der Waals surface area (Å²) in [5.41, 5.74) is 3.56. The van der Waals surface area contributed by atoms with E-state index in [1.807, 2.05) is 37.3 Å². The van der Waals surface area contributed by atoms with E-state index in [1.165, 1.54) is 11.1 Å². The summed E-state index contributed by atoms with van der Waals surface area (Å²) < 4.78 is 0. The quantitative estimate of drug-likeness (QED) is 0.380. The molecule has 1 aromatic carbocycles. The first-order valence-corrected chi connectivity index (χ1v) is 6.90. The number of carbonyl (C=O) groups excluding carboxylic acids is 1. The van der Waals surface area contributed by atoms with E-state index in [2.05, 4.69) is 37.3 Å². The maximum atomic E-state index is 10.3. The average Bonchev–Trinajstić information content (AvgIpc) is 2.45. The molecular weight excluding hydrogens is 244 g/mol. The minimum absolute atomic E-state index is 0.847. The van der Waals surface area contributed by atoms with Gasteiger partial charge in [0.25, 0.3) is 0 Å². The highest BCUT2D eigenvalue weighted by atomic mass is 16.1. The van der Waals surface area contributed by atoms with Gasteiger partial charge in [-0.15, -0.1) is 0 Å². The van der Waals surface area contributed by atoms with Crippen LogP contribution in [-0.4, -0.2) is 6.29 Å². The van der Waals surface area contributed by atoms with Crippen LogP contribution in [0.5, 0.6) is 0 Å². The zero-order valence-corrected chi connectivity index (χ0v) is 12.3. The zero-order valence-electron chi connectivity index (χ0n) is 12.3. The van der Waals surface area contributed by atoms with Gasteiger partial charge in [-0.3, -0.25) is 4.79 Å². The van der Waals surface area contributed by atoms with Crippen LogP contribution in [0.2, 0.25) is 0 Å². The van der Waals surface area contributed by atoms with Crippen molar-refractivity contribution >= 4 is 12.4 Å². The predicted molar refractivity (Wildman–Crippen MR) is 87.4 cm³/mol. The van der Waals surface area contributed by atoms with Crippen molar-refractivity contribution in [1.82, 2.24) is 0 Å². The molecule has 0 radical (unpaired) electrons. The van der Waals surface area contributed by atoms with Gasteiger partial charge >= 0.3 is 0 Å². The van der Waals surface area contributed by atoms with E-state index in [1.54, 1.807) is 6.08 Å². The van der Waals surface area contributed by atoms with Crippen molar-refractivity contribution in [3.05, 3.63) is 77.4 Å². The smallest absolute Gasteiger partial charge is 0.142 e. The van der Waals surface area contributed by atoms with Crippen molar-refractivity contribution in [1.29, 1.82) is 0 Å². The third-order valence-electron chi connectivity index (χ3n) is 2.92. The van der Waals surface area contributed by atoms with Gasteiger partial charge in [0.1, 0.15) is 6.29 Å². The van der Waals surface area contributed by atoms with E-state index in [0.717, 1.165) is 24.7 Å². The van der Waals surface area contributed by atoms with Gasteiger partial charge in [-0.05, 0) is 38.3 Å². The van der Waals surface area contributed by atoms with Crippen molar-refractivity contribution in [3.63, 3.8) is 0 Å². The lowest BCUT2D eigenvalue weighted by molar-refractivity contribution is -0.104. The third kappa shape index (κ3) is 7.32. The van der Waals surface area contributed by atoms with E-state index in [4.69, 9.17) is 0 Å². The Bertz CT molecular complexity index is 516. The van der Waals surface area contributed by atoms with Crippen molar-refractivity contribution in [2.75, 3.05) is 0 Å². The normalized spacial score (nSPS) is 13.3. The number of aldehydes is 1. The zero-order chi connectivity index (χ0) is 14.6. The molecule has 0 aromatic heterocycles. The van der Waals surface area contributed by atoms with Crippen molar-refractivity contribution in [3.8, 4) is 0 Å². The molecule has 1 aromatic rings. The van der Waals surface area contributed by atoms with E-state index >= 15 is 0 Å². The molecule has 1 nitrogen and oxygen atoms in total. The van der Waals surface area contributed by atoms with Crippen molar-refractivity contribution in [2.45, 2.75) is 26.7 Å². The SMILES string of the molecule is CC(C=CC=Cc1ccccc1)=CCCC(C)=CC=O. The molecule has 1 rings (SSSR count). The summed E-state index contributed by atoms with van der Waals surface area (Å²) in [6, 6.07) is 10.2. The molecule has 0 aliphatic carbocycles. The highest BCUT2D eigenvalue weighted by molar-refractivity contribution is 5.65. The minimum Gasteiger partial charge on any atom is -0.299 e. The lowest BCUT2D eigenvalue weighted by Gasteiger charge is -1.96. The molecule has 1 heteroatoms. The lowest BCUT2D eigenvalue weighted by Crippen LogP contribution is -1.78. The molecule has 0 unspecified atom stereocenters. The summed E-state index contributed by atoms with van der Waals surface area (Å²) in [4.78, 5) is 10.3. The lowest BCUT2D eigenvalue weighted by atomic mass is 10.1. The van der Waals surface area contributed by atoms with Crippen molar-refractivity contribution < 1.29 is 4.79 Å². The van der Waals surface area contributed by atoms with Crippen LogP contribution in [0.4, 0.5) is 0 Å². The van der Waals surface area contributed by atoms with Gasteiger partial charge < -0.3 is 0 Å². The van der Waals surface area contributed by atoms with Crippen LogP contribution < -0.4 is 0 Å². The highest BCUT2D eigenvalue weighted by Gasteiger charge is 1.88. The van der Waals surface area contributed by atoms with E-state index < -0.39 is 0 Å². The van der Waals surface area contributed by atoms with Crippen LogP contribution in [0.1, 0.15) is 32.3 Å². The summed E-state index contributed by atoms with van der Waals surface area (Å²) >= 11 is 0. The van der Waals surface area contributed by atoms with Gasteiger partial charge in [0.05, 0.1) is 0 Å². The Labute approximate surface area is 122 Å². The van der Waals surface area contributed by atoms with Gasteiger partial charge in [-0.1, -0.05) is 71.9 Å². The molecule has 0 bridgehead atoms. The molecule has 0 spiro atoms. The molecule has 0 aliphatic rings. The molecular formula is C19H22O. The Morgan fingerprint density at radius 1 is 1.10 bits per heavy atom. The standard InChI is InChI=1S/C19H22O/c1-17(10-8-11-18(2)15-16-20)9-6-7-14-19-12-4-3-5-13-19/h3-7,9-10,12-16H,8,11H2,1-2H3. The fourth-order valence-electron chi connectivity index (χ4n) is 1.73. The Hall–Kier alpha value is -2.15. The van der Waals surface area contributed by atoms with Crippen LogP contribution >= 0.6 is 0 Å². The van der Waals surface area contributed by atoms with Crippen LogP contribution in [0.15, 0.2) is 71.9 Å². The maximum absolute atomic E-state index is 10.3. The number of allylic oxidation sites excluding steroid dienone is 7. The average molecular weight is 266 g/mol. The van der Waals surface area contributed by atoms with Crippen LogP contribution in [-0.2, 0) is 4.79 Å². The Balaban J connectivity index is 2.39. The fourth-order valence-corrected chi connectivity index (χ4v) is 1.73. The minimum atomic E-state index is 0.847. The summed E-state index contributed by atoms with van der Waals surface area (Å²) in [7, 11) is 0. The van der Waals surface area contributed by atoms with Crippen LogP contribution in [0, 0.1) is 0 Å². The molecule has 104 valence electrons. The van der Waals surface area contributed by atoms with Crippen LogP contribution in [0.25, 0.3) is 6.08 Å². The summed E-state index contributed by atoms with van der Waals surface area (Å²) in [5.74, 6) is 0. The first kappa shape index (κ1) is 15.9. The molecule has 0 atom stereocenters. The van der Waals surface area contributed by atoms with E-state index in [-0.39, 0.29) is 0 Å². The van der Waals surface area contributed by atoms with E-state index in [0.29, 0.717) is 0 Å². The number of rotatable bonds is 7. The molecule has 0 saturated heterocycles. The summed E-state index contributed by atoms with van der Waals surface area (Å²) in [6.07, 6.45) is 14.8. The number of carbonyl (C=O) groups is 1. The predicted octanol–water partition coefficient (Wildman–Crippen LogP) is 5.13. The van der Waals surface area contributed by atoms with Gasteiger partial charge in [0.15, 0.2) is 0 Å². The Kier molecular flexibility index (Phi) is 7.74. The highest BCUT2D eigenvalue weighted by Crippen LogP contribution is 2.07. The van der Waals surface area contributed by atoms with Gasteiger partial charge in [0, 0.05) is 0 Å². The molecule has 0 amide bonds. The fraction of sp³-hybridized carbons (Fsp3) is 0.211. The monoisotopic (exact) mass is 266 g/mol. The number of hydrogen-bond acceptors (Lipinski definition) is 1. The topological polar surface area (TPSA) is 17.1 Å². The molecule has 0 fully saturated rings. The van der Waals surface area contributed by atoms with Crippen molar-refractivity contribution in [2.24, 2.45) is 0 Å². The van der Waals surface area contributed by atoms with Gasteiger partial charge in [0.2, 0.25) is 0 Å². The Morgan fingerprint density at radius 3 is 2.55 bits per heavy atom. The first-order chi connectivity index (χ1) is 9.72. The number of benzene rings is 1.